The molecule has 6 aromatic carbocycles. The molecule has 0 aliphatic rings. The predicted octanol–water partition coefficient (Wildman–Crippen LogP) is 11.9. The summed E-state index contributed by atoms with van der Waals surface area (Å²) in [4.78, 5) is 18.0. The molecule has 10 rings (SSSR count). The van der Waals surface area contributed by atoms with Crippen LogP contribution in [0.5, 0.6) is 17.2 Å². The van der Waals surface area contributed by atoms with Gasteiger partial charge in [0, 0.05) is 49.6 Å². The van der Waals surface area contributed by atoms with Crippen LogP contribution in [0.4, 0.5) is 0 Å². The van der Waals surface area contributed by atoms with Crippen LogP contribution >= 0.6 is 45.8 Å². The highest BCUT2D eigenvalue weighted by molar-refractivity contribution is 14.1. The first-order valence-electron chi connectivity index (χ1n) is 22.8. The zero-order valence-corrected chi connectivity index (χ0v) is 46.8. The molecule has 0 amide bonds. The van der Waals surface area contributed by atoms with Crippen molar-refractivity contribution in [3.63, 3.8) is 0 Å². The number of benzene rings is 6. The van der Waals surface area contributed by atoms with Gasteiger partial charge in [-0.3, -0.25) is 0 Å². The second-order valence-electron chi connectivity index (χ2n) is 17.1. The van der Waals surface area contributed by atoms with Gasteiger partial charge < -0.3 is 28.2 Å². The van der Waals surface area contributed by atoms with E-state index in [1.54, 1.807) is 68.8 Å². The van der Waals surface area contributed by atoms with Crippen molar-refractivity contribution >= 4 is 95.0 Å². The summed E-state index contributed by atoms with van der Waals surface area (Å²) in [6.45, 7) is 7.84. The summed E-state index contributed by atoms with van der Waals surface area (Å²) in [6, 6.07) is 31.8. The van der Waals surface area contributed by atoms with Crippen LogP contribution in [-0.2, 0) is 31.2 Å². The lowest BCUT2D eigenvalue weighted by molar-refractivity contribution is 0.412. The van der Waals surface area contributed by atoms with Crippen molar-refractivity contribution in [1.29, 1.82) is 0 Å². The van der Waals surface area contributed by atoms with Gasteiger partial charge in [-0.05, 0) is 169 Å². The molecule has 10 aromatic rings. The van der Waals surface area contributed by atoms with E-state index in [9.17, 15) is 16.8 Å². The number of hydrogen-bond donors (Lipinski definition) is 1. The van der Waals surface area contributed by atoms with E-state index >= 15 is 0 Å². The van der Waals surface area contributed by atoms with Gasteiger partial charge in [0.1, 0.15) is 53.9 Å². The Morgan fingerprint density at radius 1 is 0.566 bits per heavy atom. The Hall–Kier alpha value is -6.95. The zero-order chi connectivity index (χ0) is 54.3. The molecule has 0 saturated carbocycles. The number of rotatable bonds is 13. The van der Waals surface area contributed by atoms with Crippen LogP contribution in [0.1, 0.15) is 33.6 Å². The number of halogens is 3. The Labute approximate surface area is 462 Å². The standard InChI is InChI=1S/C27H22ClN3O4S.C20H16IN3O4S.C7H7BClO2/c1-16-11-23(18-4-7-24(28)17(2)10-18)26(34-3)13-22(16)27-21-6-5-20(12-25(21)29-15-30-27)36(32,33)14-19-8-9-35-31-19;1-12-7-17(21)19(27-2)9-16(12)20-15-4-3-14(8-18(15)22-11-23-20)29(25,26)10-13-5-6-28-24-13;1-5-4-6(11-8-10)2-3-7(5)9/h4-13,15H,14H2,1-3H3;3-9,11H,10H2,1-2H3;2-4,10H,1H3. The first kappa shape index (κ1) is 55.3. The number of hydrogen-bond acceptors (Lipinski definition) is 16. The van der Waals surface area contributed by atoms with Gasteiger partial charge in [0.05, 0.1) is 61.4 Å². The molecule has 0 aliphatic heterocycles. The number of nitrogens with zero attached hydrogens (tertiary/aromatic N) is 6. The highest BCUT2D eigenvalue weighted by Gasteiger charge is 2.22. The Morgan fingerprint density at radius 2 is 1.07 bits per heavy atom. The van der Waals surface area contributed by atoms with Crippen molar-refractivity contribution in [3.8, 4) is 50.9 Å². The van der Waals surface area contributed by atoms with Crippen molar-refractivity contribution in [2.45, 2.75) is 49.0 Å². The summed E-state index contributed by atoms with van der Waals surface area (Å²) in [5, 5.41) is 18.6. The van der Waals surface area contributed by atoms with Gasteiger partial charge in [0.2, 0.25) is 0 Å². The summed E-state index contributed by atoms with van der Waals surface area (Å²) in [5.74, 6) is 1.53. The van der Waals surface area contributed by atoms with Crippen LogP contribution in [-0.4, -0.2) is 74.0 Å². The van der Waals surface area contributed by atoms with Crippen LogP contribution in [0, 0.1) is 31.3 Å². The monoisotopic (exact) mass is 1210 g/mol. The molecule has 4 aromatic heterocycles. The van der Waals surface area contributed by atoms with Gasteiger partial charge in [0.15, 0.2) is 19.7 Å². The quantitative estimate of drug-likeness (QED) is 0.0838. The molecular weight excluding hydrogens is 1170 g/mol. The Bertz CT molecular complexity index is 3970. The molecule has 16 nitrogen and oxygen atoms in total. The Kier molecular flexibility index (Phi) is 17.4. The zero-order valence-electron chi connectivity index (χ0n) is 41.4. The summed E-state index contributed by atoms with van der Waals surface area (Å²) >= 11 is 14.2. The molecular formula is C54H45BCl2IN6O10S2. The lowest BCUT2D eigenvalue weighted by atomic mass is 9.95. The minimum absolute atomic E-state index is 0.158. The molecule has 0 spiro atoms. The van der Waals surface area contributed by atoms with Crippen molar-refractivity contribution in [1.82, 2.24) is 30.2 Å². The summed E-state index contributed by atoms with van der Waals surface area (Å²) in [5.41, 5.74) is 10.8. The van der Waals surface area contributed by atoms with Crippen molar-refractivity contribution in [2.75, 3.05) is 14.2 Å². The van der Waals surface area contributed by atoms with Gasteiger partial charge in [-0.25, -0.2) is 36.8 Å². The van der Waals surface area contributed by atoms with Gasteiger partial charge in [-0.1, -0.05) is 39.6 Å². The number of methoxy groups -OCH3 is 2. The molecule has 22 heteroatoms. The average molecular weight is 1210 g/mol. The lowest BCUT2D eigenvalue weighted by Gasteiger charge is -2.15. The van der Waals surface area contributed by atoms with Gasteiger partial charge in [-0.15, -0.1) is 0 Å². The summed E-state index contributed by atoms with van der Waals surface area (Å²) < 4.78 is 77.7. The summed E-state index contributed by atoms with van der Waals surface area (Å²) in [6.07, 6.45) is 5.58. The highest BCUT2D eigenvalue weighted by Crippen LogP contribution is 2.40. The maximum absolute atomic E-state index is 12.9. The average Bonchev–Trinajstić information content (AvgIpc) is 4.13. The van der Waals surface area contributed by atoms with Gasteiger partial charge in [0.25, 0.3) is 0 Å². The third-order valence-electron chi connectivity index (χ3n) is 11.9. The number of aromatic nitrogens is 6. The van der Waals surface area contributed by atoms with E-state index in [4.69, 9.17) is 51.4 Å². The third kappa shape index (κ3) is 12.7. The van der Waals surface area contributed by atoms with Crippen molar-refractivity contribution in [3.05, 3.63) is 182 Å². The lowest BCUT2D eigenvalue weighted by Crippen LogP contribution is -2.05. The minimum atomic E-state index is -3.63. The molecule has 0 saturated heterocycles. The fraction of sp³-hybridized carbons (Fsp3) is 0.148. The molecule has 0 bridgehead atoms. The molecule has 0 fully saturated rings. The first-order valence-corrected chi connectivity index (χ1v) is 28.0. The maximum Gasteiger partial charge on any atom is 0.569 e. The Balaban J connectivity index is 0.000000171. The van der Waals surface area contributed by atoms with Gasteiger partial charge in [-0.2, -0.15) is 0 Å². The molecule has 387 valence electrons. The molecule has 76 heavy (non-hydrogen) atoms. The van der Waals surface area contributed by atoms with E-state index in [1.165, 1.54) is 37.3 Å². The van der Waals surface area contributed by atoms with Crippen LogP contribution in [0.15, 0.2) is 153 Å². The second-order valence-corrected chi connectivity index (χ2v) is 23.0. The molecule has 4 heterocycles. The SMILES string of the molecule is COc1cc(-c2ncnc3cc(S(=O)(=O)Cc4ccon4)ccc23)c(C)cc1-c1ccc(Cl)c(C)c1.COc1cc(-c2ncnc3cc(S(=O)(=O)Cc4ccon4)ccc23)c(C)cc1I.Cc1cc(O[B]O)ccc1Cl. The Morgan fingerprint density at radius 3 is 1.54 bits per heavy atom. The molecule has 0 atom stereocenters. The topological polar surface area (TPSA) is 220 Å². The second kappa shape index (κ2) is 23.9. The van der Waals surface area contributed by atoms with E-state index in [1.807, 2.05) is 64.1 Å². The van der Waals surface area contributed by atoms with Crippen LogP contribution in [0.3, 0.4) is 0 Å². The fourth-order valence-electron chi connectivity index (χ4n) is 8.04. The highest BCUT2D eigenvalue weighted by atomic mass is 127. The largest absolute Gasteiger partial charge is 0.569 e. The fourth-order valence-corrected chi connectivity index (χ4v) is 11.7. The van der Waals surface area contributed by atoms with E-state index in [0.717, 1.165) is 70.3 Å². The first-order chi connectivity index (χ1) is 36.4. The number of aryl methyl sites for hydroxylation is 4. The number of ether oxygens (including phenoxy) is 2. The number of fused-ring (bicyclic) bond motifs is 2. The third-order valence-corrected chi connectivity index (χ3v) is 16.9. The van der Waals surface area contributed by atoms with Crippen molar-refractivity contribution < 1.29 is 45.0 Å². The summed E-state index contributed by atoms with van der Waals surface area (Å²) in [7, 11) is -3.31. The van der Waals surface area contributed by atoms with E-state index in [2.05, 4.69) is 58.9 Å². The molecule has 0 aliphatic carbocycles. The molecule has 1 N–H and O–H groups in total. The van der Waals surface area contributed by atoms with Crippen molar-refractivity contribution in [2.24, 2.45) is 0 Å². The molecule has 0 unspecified atom stereocenters. The predicted molar refractivity (Wildman–Crippen MR) is 300 cm³/mol. The van der Waals surface area contributed by atoms with Crippen LogP contribution in [0.2, 0.25) is 10.0 Å². The normalized spacial score (nSPS) is 11.3. The smallest absolute Gasteiger partial charge is 0.537 e. The van der Waals surface area contributed by atoms with E-state index in [0.29, 0.717) is 57.3 Å². The van der Waals surface area contributed by atoms with Crippen LogP contribution < -0.4 is 14.1 Å². The van der Waals surface area contributed by atoms with E-state index < -0.39 is 19.7 Å². The minimum Gasteiger partial charge on any atom is -0.537 e. The van der Waals surface area contributed by atoms with Crippen LogP contribution in [0.25, 0.3) is 55.4 Å². The maximum atomic E-state index is 12.9. The van der Waals surface area contributed by atoms with Gasteiger partial charge >= 0.3 is 7.69 Å². The number of sulfone groups is 2. The van der Waals surface area contributed by atoms with E-state index in [-0.39, 0.29) is 21.3 Å². The molecule has 1 radical (unpaired) electrons.